The van der Waals surface area contributed by atoms with Crippen LogP contribution >= 0.6 is 0 Å². The molecule has 2 rings (SSSR count). The van der Waals surface area contributed by atoms with Crippen LogP contribution in [-0.4, -0.2) is 30.1 Å². The van der Waals surface area contributed by atoms with Crippen LogP contribution in [0.25, 0.3) is 0 Å². The zero-order valence-electron chi connectivity index (χ0n) is 15.8. The number of carbonyl (C=O) groups excluding carboxylic acids is 1. The van der Waals surface area contributed by atoms with Crippen LogP contribution in [0.3, 0.4) is 0 Å². The normalized spacial score (nSPS) is 30.1. The van der Waals surface area contributed by atoms with Gasteiger partial charge in [-0.15, -0.1) is 0 Å². The Morgan fingerprint density at radius 1 is 0.857 bits per heavy atom. The summed E-state index contributed by atoms with van der Waals surface area (Å²) in [6.45, 7) is 2.11. The highest BCUT2D eigenvalue weighted by Crippen LogP contribution is 2.53. The zero-order chi connectivity index (χ0) is 21.2. The summed E-state index contributed by atoms with van der Waals surface area (Å²) in [5, 5.41) is 0. The van der Waals surface area contributed by atoms with Crippen LogP contribution in [0.2, 0.25) is 0 Å². The van der Waals surface area contributed by atoms with E-state index in [1.54, 1.807) is 0 Å². The molecule has 0 atom stereocenters. The predicted octanol–water partition coefficient (Wildman–Crippen LogP) is 6.53. The number of ether oxygens (including phenoxy) is 1. The highest BCUT2D eigenvalue weighted by atomic mass is 19.4. The van der Waals surface area contributed by atoms with E-state index in [2.05, 4.69) is 6.92 Å². The highest BCUT2D eigenvalue weighted by Gasteiger charge is 2.74. The molecule has 0 spiro atoms. The lowest BCUT2D eigenvalue weighted by molar-refractivity contribution is -0.367. The van der Waals surface area contributed by atoms with Crippen molar-refractivity contribution in [2.24, 2.45) is 17.8 Å². The zero-order valence-corrected chi connectivity index (χ0v) is 15.8. The molecule has 0 aromatic heterocycles. The first kappa shape index (κ1) is 23.3. The molecule has 2 nitrogen and oxygen atoms in total. The van der Waals surface area contributed by atoms with Crippen molar-refractivity contribution in [3.63, 3.8) is 0 Å². The monoisotopic (exact) mass is 420 g/mol. The third-order valence-corrected chi connectivity index (χ3v) is 6.12. The summed E-state index contributed by atoms with van der Waals surface area (Å²) in [6.07, 6.45) is -2.41. The van der Waals surface area contributed by atoms with Gasteiger partial charge in [-0.1, -0.05) is 19.8 Å². The maximum absolute atomic E-state index is 13.8. The van der Waals surface area contributed by atoms with Gasteiger partial charge in [0.15, 0.2) is 0 Å². The molecule has 164 valence electrons. The summed E-state index contributed by atoms with van der Waals surface area (Å²) in [4.78, 5) is 12.2. The summed E-state index contributed by atoms with van der Waals surface area (Å²) in [5.74, 6) is -14.1. The lowest BCUT2D eigenvalue weighted by Crippen LogP contribution is -2.56. The number of esters is 1. The van der Waals surface area contributed by atoms with Crippen LogP contribution in [0, 0.1) is 17.8 Å². The van der Waals surface area contributed by atoms with Crippen LogP contribution in [0.1, 0.15) is 71.1 Å². The first-order chi connectivity index (χ1) is 12.9. The van der Waals surface area contributed by atoms with Crippen LogP contribution in [0.15, 0.2) is 0 Å². The van der Waals surface area contributed by atoms with Gasteiger partial charge in [0.25, 0.3) is 0 Å². The third-order valence-electron chi connectivity index (χ3n) is 6.12. The van der Waals surface area contributed by atoms with Gasteiger partial charge in [-0.25, -0.2) is 0 Å². The van der Waals surface area contributed by atoms with Gasteiger partial charge in [0.1, 0.15) is 6.10 Å². The Morgan fingerprint density at radius 2 is 1.39 bits per heavy atom. The van der Waals surface area contributed by atoms with Gasteiger partial charge >= 0.3 is 24.0 Å². The predicted molar refractivity (Wildman–Crippen MR) is 88.1 cm³/mol. The Bertz CT molecular complexity index is 517. The molecule has 28 heavy (non-hydrogen) atoms. The largest absolute Gasteiger partial charge is 0.462 e. The molecule has 2 fully saturated rings. The Morgan fingerprint density at radius 3 is 1.86 bits per heavy atom. The van der Waals surface area contributed by atoms with Crippen molar-refractivity contribution in [3.05, 3.63) is 0 Å². The standard InChI is InChI=1S/C19H27F7O2/c1-2-3-12-4-10-15(11-5-12)28-16(27)13-6-8-14(9-7-13)17(20,21)18(22,23)19(24,25)26/h12-15H,2-11H2,1H3. The maximum Gasteiger partial charge on any atom is 0.459 e. The van der Waals surface area contributed by atoms with Crippen molar-refractivity contribution in [1.29, 1.82) is 0 Å². The smallest absolute Gasteiger partial charge is 0.459 e. The number of carbonyl (C=O) groups is 1. The fourth-order valence-electron chi connectivity index (χ4n) is 4.34. The van der Waals surface area contributed by atoms with Gasteiger partial charge in [-0.05, 0) is 57.3 Å². The van der Waals surface area contributed by atoms with E-state index in [-0.39, 0.29) is 18.9 Å². The summed E-state index contributed by atoms with van der Waals surface area (Å²) in [5.41, 5.74) is 0. The lowest BCUT2D eigenvalue weighted by atomic mass is 9.77. The van der Waals surface area contributed by atoms with Crippen LogP contribution in [0.5, 0.6) is 0 Å². The van der Waals surface area contributed by atoms with Crippen LogP contribution in [-0.2, 0) is 9.53 Å². The topological polar surface area (TPSA) is 26.3 Å². The maximum atomic E-state index is 13.8. The van der Waals surface area contributed by atoms with Crippen molar-refractivity contribution in [2.75, 3.05) is 0 Å². The van der Waals surface area contributed by atoms with E-state index in [9.17, 15) is 35.5 Å². The van der Waals surface area contributed by atoms with E-state index in [4.69, 9.17) is 4.74 Å². The minimum Gasteiger partial charge on any atom is -0.462 e. The van der Waals surface area contributed by atoms with E-state index in [1.165, 1.54) is 0 Å². The number of hydrogen-bond acceptors (Lipinski definition) is 2. The Kier molecular flexibility index (Phi) is 7.29. The molecule has 0 saturated heterocycles. The fourth-order valence-corrected chi connectivity index (χ4v) is 4.34. The molecule has 0 aromatic carbocycles. The van der Waals surface area contributed by atoms with Crippen molar-refractivity contribution in [3.8, 4) is 0 Å². The molecule has 2 aliphatic carbocycles. The molecule has 9 heteroatoms. The summed E-state index contributed by atoms with van der Waals surface area (Å²) in [7, 11) is 0. The van der Waals surface area contributed by atoms with Crippen molar-refractivity contribution < 1.29 is 40.3 Å². The number of hydrogen-bond donors (Lipinski definition) is 0. The summed E-state index contributed by atoms with van der Waals surface area (Å²) in [6, 6.07) is 0. The molecule has 0 aromatic rings. The minimum absolute atomic E-state index is 0.168. The summed E-state index contributed by atoms with van der Waals surface area (Å²) >= 11 is 0. The summed E-state index contributed by atoms with van der Waals surface area (Å²) < 4.78 is 96.4. The second-order valence-corrected chi connectivity index (χ2v) is 8.11. The molecule has 0 N–H and O–H groups in total. The second-order valence-electron chi connectivity index (χ2n) is 8.11. The van der Waals surface area contributed by atoms with Gasteiger partial charge in [0.2, 0.25) is 0 Å². The van der Waals surface area contributed by atoms with Gasteiger partial charge in [0.05, 0.1) is 5.92 Å². The molecule has 0 bridgehead atoms. The number of halogens is 7. The molecular formula is C19H27F7O2. The Labute approximate surface area is 160 Å². The van der Waals surface area contributed by atoms with Gasteiger partial charge in [-0.3, -0.25) is 4.79 Å². The van der Waals surface area contributed by atoms with Crippen LogP contribution in [0.4, 0.5) is 30.7 Å². The van der Waals surface area contributed by atoms with Crippen molar-refractivity contribution in [2.45, 2.75) is 95.3 Å². The van der Waals surface area contributed by atoms with Gasteiger partial charge in [-0.2, -0.15) is 30.7 Å². The van der Waals surface area contributed by atoms with E-state index in [0.29, 0.717) is 5.92 Å². The first-order valence-corrected chi connectivity index (χ1v) is 9.93. The molecular weight excluding hydrogens is 393 g/mol. The molecule has 2 saturated carbocycles. The fraction of sp³-hybridized carbons (Fsp3) is 0.947. The molecule has 0 aliphatic heterocycles. The van der Waals surface area contributed by atoms with Crippen LogP contribution < -0.4 is 0 Å². The quantitative estimate of drug-likeness (QED) is 0.361. The van der Waals surface area contributed by atoms with Gasteiger partial charge in [0, 0.05) is 5.92 Å². The average Bonchev–Trinajstić information content (AvgIpc) is 2.62. The van der Waals surface area contributed by atoms with Crippen molar-refractivity contribution >= 4 is 5.97 Å². The molecule has 0 heterocycles. The van der Waals surface area contributed by atoms with E-state index in [1.807, 2.05) is 0 Å². The average molecular weight is 420 g/mol. The number of rotatable bonds is 6. The Balaban J connectivity index is 1.84. The van der Waals surface area contributed by atoms with Gasteiger partial charge < -0.3 is 4.74 Å². The molecule has 0 unspecified atom stereocenters. The third kappa shape index (κ3) is 4.93. The Hall–Kier alpha value is -1.02. The van der Waals surface area contributed by atoms with E-state index in [0.717, 1.165) is 38.5 Å². The molecule has 0 amide bonds. The number of alkyl halides is 7. The SMILES string of the molecule is CCCC1CCC(OC(=O)C2CCC(C(F)(F)C(F)(F)C(F)(F)F)CC2)CC1. The second kappa shape index (κ2) is 8.78. The molecule has 2 aliphatic rings. The van der Waals surface area contributed by atoms with Crippen molar-refractivity contribution in [1.82, 2.24) is 0 Å². The minimum atomic E-state index is -6.32. The van der Waals surface area contributed by atoms with E-state index >= 15 is 0 Å². The van der Waals surface area contributed by atoms with E-state index < -0.39 is 48.7 Å². The highest BCUT2D eigenvalue weighted by molar-refractivity contribution is 5.72. The molecule has 0 radical (unpaired) electrons. The lowest BCUT2D eigenvalue weighted by Gasteiger charge is -2.37. The first-order valence-electron chi connectivity index (χ1n) is 9.93.